The fourth-order valence-corrected chi connectivity index (χ4v) is 3.82. The third-order valence-corrected chi connectivity index (χ3v) is 5.27. The SMILES string of the molecule is NCc1cc2ncc(C(=O)N3CCNC(=O)C3)n2cc1-c1ccc(Cl)cc1Cl. The van der Waals surface area contributed by atoms with E-state index in [4.69, 9.17) is 28.9 Å². The number of pyridine rings is 1. The minimum atomic E-state index is -0.254. The van der Waals surface area contributed by atoms with Crippen molar-refractivity contribution in [3.63, 3.8) is 0 Å². The van der Waals surface area contributed by atoms with Crippen molar-refractivity contribution < 1.29 is 9.59 Å². The van der Waals surface area contributed by atoms with Gasteiger partial charge in [0.15, 0.2) is 0 Å². The highest BCUT2D eigenvalue weighted by Gasteiger charge is 2.25. The van der Waals surface area contributed by atoms with E-state index in [0.717, 1.165) is 16.7 Å². The number of fused-ring (bicyclic) bond motifs is 1. The Bertz CT molecular complexity index is 1100. The van der Waals surface area contributed by atoms with Crippen molar-refractivity contribution in [3.05, 3.63) is 58.0 Å². The molecule has 3 heterocycles. The van der Waals surface area contributed by atoms with E-state index in [-0.39, 0.29) is 24.9 Å². The van der Waals surface area contributed by atoms with Gasteiger partial charge in [0.1, 0.15) is 11.3 Å². The van der Waals surface area contributed by atoms with E-state index in [2.05, 4.69) is 10.3 Å². The zero-order chi connectivity index (χ0) is 19.8. The maximum Gasteiger partial charge on any atom is 0.273 e. The summed E-state index contributed by atoms with van der Waals surface area (Å²) in [6, 6.07) is 7.06. The molecule has 1 saturated heterocycles. The van der Waals surface area contributed by atoms with Gasteiger partial charge in [-0.3, -0.25) is 14.0 Å². The van der Waals surface area contributed by atoms with Gasteiger partial charge in [0, 0.05) is 47.0 Å². The number of carbonyl (C=O) groups excluding carboxylic acids is 2. The van der Waals surface area contributed by atoms with E-state index in [1.165, 1.54) is 11.1 Å². The average molecular weight is 418 g/mol. The first kappa shape index (κ1) is 18.7. The average Bonchev–Trinajstić information content (AvgIpc) is 3.09. The highest BCUT2D eigenvalue weighted by molar-refractivity contribution is 6.36. The summed E-state index contributed by atoms with van der Waals surface area (Å²) < 4.78 is 1.70. The number of hydrogen-bond donors (Lipinski definition) is 2. The van der Waals surface area contributed by atoms with Crippen molar-refractivity contribution in [2.24, 2.45) is 5.73 Å². The van der Waals surface area contributed by atoms with Gasteiger partial charge in [0.25, 0.3) is 5.91 Å². The second-order valence-electron chi connectivity index (χ2n) is 6.49. The smallest absolute Gasteiger partial charge is 0.273 e. The van der Waals surface area contributed by atoms with E-state index in [0.29, 0.717) is 34.5 Å². The number of nitrogens with zero attached hydrogens (tertiary/aromatic N) is 3. The molecule has 1 aliphatic heterocycles. The molecule has 144 valence electrons. The summed E-state index contributed by atoms with van der Waals surface area (Å²) in [6.45, 7) is 1.20. The summed E-state index contributed by atoms with van der Waals surface area (Å²) in [6.07, 6.45) is 3.31. The van der Waals surface area contributed by atoms with Crippen LogP contribution in [0.2, 0.25) is 10.0 Å². The van der Waals surface area contributed by atoms with Gasteiger partial charge in [-0.2, -0.15) is 0 Å². The number of amides is 2. The largest absolute Gasteiger partial charge is 0.353 e. The van der Waals surface area contributed by atoms with Gasteiger partial charge in [-0.1, -0.05) is 29.3 Å². The van der Waals surface area contributed by atoms with Crippen LogP contribution in [0.15, 0.2) is 36.7 Å². The number of benzene rings is 1. The number of hydrogen-bond acceptors (Lipinski definition) is 4. The van der Waals surface area contributed by atoms with Crippen LogP contribution in [0.4, 0.5) is 0 Å². The van der Waals surface area contributed by atoms with Crippen LogP contribution >= 0.6 is 23.2 Å². The van der Waals surface area contributed by atoms with Gasteiger partial charge in [-0.05, 0) is 23.8 Å². The summed E-state index contributed by atoms with van der Waals surface area (Å²) >= 11 is 12.4. The fraction of sp³-hybridized carbons (Fsp3) is 0.211. The molecule has 0 saturated carbocycles. The predicted octanol–water partition coefficient (Wildman–Crippen LogP) is 2.34. The van der Waals surface area contributed by atoms with Crippen molar-refractivity contribution in [3.8, 4) is 11.1 Å². The third-order valence-electron chi connectivity index (χ3n) is 4.72. The van der Waals surface area contributed by atoms with E-state index >= 15 is 0 Å². The first-order valence-corrected chi connectivity index (χ1v) is 9.45. The Morgan fingerprint density at radius 3 is 2.79 bits per heavy atom. The van der Waals surface area contributed by atoms with Crippen LogP contribution in [0, 0.1) is 0 Å². The Hall–Kier alpha value is -2.61. The molecule has 1 aromatic carbocycles. The molecule has 2 amide bonds. The van der Waals surface area contributed by atoms with Gasteiger partial charge in [-0.25, -0.2) is 4.98 Å². The summed E-state index contributed by atoms with van der Waals surface area (Å²) in [5, 5.41) is 3.73. The summed E-state index contributed by atoms with van der Waals surface area (Å²) in [5.74, 6) is -0.427. The lowest BCUT2D eigenvalue weighted by atomic mass is 10.0. The number of carbonyl (C=O) groups is 2. The normalized spacial score (nSPS) is 14.4. The lowest BCUT2D eigenvalue weighted by Gasteiger charge is -2.26. The maximum absolute atomic E-state index is 13.0. The Morgan fingerprint density at radius 1 is 1.25 bits per heavy atom. The predicted molar refractivity (Wildman–Crippen MR) is 107 cm³/mol. The number of imidazole rings is 1. The maximum atomic E-state index is 13.0. The molecule has 4 rings (SSSR count). The molecule has 0 atom stereocenters. The first-order valence-electron chi connectivity index (χ1n) is 8.69. The molecule has 2 aromatic heterocycles. The quantitative estimate of drug-likeness (QED) is 0.683. The van der Waals surface area contributed by atoms with Crippen LogP contribution in [0.3, 0.4) is 0 Å². The van der Waals surface area contributed by atoms with Crippen LogP contribution in [0.25, 0.3) is 16.8 Å². The van der Waals surface area contributed by atoms with Gasteiger partial charge < -0.3 is 16.0 Å². The molecule has 1 fully saturated rings. The third kappa shape index (κ3) is 3.32. The van der Waals surface area contributed by atoms with Gasteiger partial charge in [-0.15, -0.1) is 0 Å². The van der Waals surface area contributed by atoms with Crippen molar-refractivity contribution in [1.29, 1.82) is 0 Å². The zero-order valence-corrected chi connectivity index (χ0v) is 16.3. The van der Waals surface area contributed by atoms with E-state index in [9.17, 15) is 9.59 Å². The molecule has 0 spiro atoms. The van der Waals surface area contributed by atoms with E-state index < -0.39 is 0 Å². The zero-order valence-electron chi connectivity index (χ0n) is 14.8. The lowest BCUT2D eigenvalue weighted by Crippen LogP contribution is -2.50. The molecule has 0 radical (unpaired) electrons. The monoisotopic (exact) mass is 417 g/mol. The van der Waals surface area contributed by atoms with Crippen LogP contribution in [0.5, 0.6) is 0 Å². The molecule has 0 unspecified atom stereocenters. The summed E-state index contributed by atoms with van der Waals surface area (Å²) in [4.78, 5) is 30.4. The van der Waals surface area contributed by atoms with Crippen molar-refractivity contribution in [1.82, 2.24) is 19.6 Å². The van der Waals surface area contributed by atoms with Crippen LogP contribution < -0.4 is 11.1 Å². The molecule has 0 bridgehead atoms. The van der Waals surface area contributed by atoms with E-state index in [1.54, 1.807) is 22.7 Å². The van der Waals surface area contributed by atoms with Crippen LogP contribution in [-0.2, 0) is 11.3 Å². The Morgan fingerprint density at radius 2 is 2.07 bits per heavy atom. The molecular weight excluding hydrogens is 401 g/mol. The fourth-order valence-electron chi connectivity index (χ4n) is 3.31. The minimum absolute atomic E-state index is 0.0306. The summed E-state index contributed by atoms with van der Waals surface area (Å²) in [5.41, 5.74) is 9.30. The highest BCUT2D eigenvalue weighted by Crippen LogP contribution is 2.33. The Kier molecular flexibility index (Phi) is 4.97. The molecule has 28 heavy (non-hydrogen) atoms. The number of aromatic nitrogens is 2. The molecule has 1 aliphatic rings. The van der Waals surface area contributed by atoms with Crippen molar-refractivity contribution in [2.45, 2.75) is 6.54 Å². The Balaban J connectivity index is 1.82. The molecule has 7 nitrogen and oxygen atoms in total. The number of halogens is 2. The van der Waals surface area contributed by atoms with Crippen molar-refractivity contribution in [2.75, 3.05) is 19.6 Å². The minimum Gasteiger partial charge on any atom is -0.353 e. The topological polar surface area (TPSA) is 92.7 Å². The van der Waals surface area contributed by atoms with Crippen LogP contribution in [0.1, 0.15) is 16.1 Å². The highest BCUT2D eigenvalue weighted by atomic mass is 35.5. The molecule has 3 N–H and O–H groups in total. The molecule has 3 aromatic rings. The second kappa shape index (κ2) is 7.43. The second-order valence-corrected chi connectivity index (χ2v) is 7.33. The molecular formula is C19H17Cl2N5O2. The number of nitrogens with one attached hydrogen (secondary N) is 1. The first-order chi connectivity index (χ1) is 13.5. The van der Waals surface area contributed by atoms with Crippen LogP contribution in [-0.4, -0.2) is 45.7 Å². The molecule has 9 heteroatoms. The van der Waals surface area contributed by atoms with Gasteiger partial charge >= 0.3 is 0 Å². The summed E-state index contributed by atoms with van der Waals surface area (Å²) in [7, 11) is 0. The van der Waals surface area contributed by atoms with Crippen molar-refractivity contribution >= 4 is 40.7 Å². The number of rotatable bonds is 3. The van der Waals surface area contributed by atoms with Gasteiger partial charge in [0.05, 0.1) is 12.7 Å². The number of piperazine rings is 1. The van der Waals surface area contributed by atoms with Gasteiger partial charge in [0.2, 0.25) is 5.91 Å². The lowest BCUT2D eigenvalue weighted by molar-refractivity contribution is -0.123. The number of nitrogens with two attached hydrogens (primary N) is 1. The molecule has 0 aliphatic carbocycles. The van der Waals surface area contributed by atoms with E-state index in [1.807, 2.05) is 12.1 Å². The Labute approximate surface area is 171 Å². The standard InChI is InChI=1S/C19H17Cl2N5O2/c20-12-1-2-13(15(21)6-12)14-9-26-16(8-24-17(26)5-11(14)7-22)19(28)25-4-3-23-18(27)10-25/h1-2,5-6,8-9H,3-4,7,10,22H2,(H,23,27).